The van der Waals surface area contributed by atoms with Gasteiger partial charge in [-0.2, -0.15) is 0 Å². The van der Waals surface area contributed by atoms with Crippen LogP contribution in [-0.2, 0) is 6.54 Å². The lowest BCUT2D eigenvalue weighted by Gasteiger charge is -2.07. The number of aromatic nitrogens is 2. The van der Waals surface area contributed by atoms with Crippen molar-refractivity contribution in [2.24, 2.45) is 0 Å². The number of anilines is 1. The highest BCUT2D eigenvalue weighted by atomic mass is 16.4. The minimum atomic E-state index is -1.04. The maximum absolute atomic E-state index is 10.9. The van der Waals surface area contributed by atoms with Crippen molar-refractivity contribution >= 4 is 11.8 Å². The lowest BCUT2D eigenvalue weighted by atomic mass is 10.2. The van der Waals surface area contributed by atoms with E-state index in [1.165, 1.54) is 12.5 Å². The first-order chi connectivity index (χ1) is 8.27. The van der Waals surface area contributed by atoms with Crippen molar-refractivity contribution in [2.45, 2.75) is 6.54 Å². The Balaban J connectivity index is 2.12. The van der Waals surface area contributed by atoms with Crippen LogP contribution in [0, 0.1) is 0 Å². The molecule has 0 spiro atoms. The first kappa shape index (κ1) is 11.1. The summed E-state index contributed by atoms with van der Waals surface area (Å²) in [7, 11) is 0. The number of rotatable bonds is 4. The Morgan fingerprint density at radius 1 is 1.29 bits per heavy atom. The number of nitrogens with zero attached hydrogens (tertiary/aromatic N) is 2. The molecule has 0 aliphatic heterocycles. The molecule has 2 rings (SSSR count). The zero-order valence-corrected chi connectivity index (χ0v) is 9.00. The monoisotopic (exact) mass is 229 g/mol. The summed E-state index contributed by atoms with van der Waals surface area (Å²) < 4.78 is 0. The molecule has 86 valence electrons. The number of carboxylic acid groups (broad SMARTS) is 1. The summed E-state index contributed by atoms with van der Waals surface area (Å²) in [6, 6.07) is 9.68. The zero-order chi connectivity index (χ0) is 12.1. The molecule has 0 bridgehead atoms. The topological polar surface area (TPSA) is 75.1 Å². The molecule has 5 heteroatoms. The van der Waals surface area contributed by atoms with Crippen LogP contribution in [0.3, 0.4) is 0 Å². The van der Waals surface area contributed by atoms with Crippen molar-refractivity contribution in [1.82, 2.24) is 9.97 Å². The van der Waals surface area contributed by atoms with E-state index in [1.54, 1.807) is 0 Å². The maximum atomic E-state index is 10.9. The van der Waals surface area contributed by atoms with Crippen LogP contribution in [0.5, 0.6) is 0 Å². The quantitative estimate of drug-likeness (QED) is 0.835. The fourth-order valence-electron chi connectivity index (χ4n) is 1.41. The Bertz CT molecular complexity index is 514. The summed E-state index contributed by atoms with van der Waals surface area (Å²) in [6.45, 7) is 0.526. The second kappa shape index (κ2) is 5.07. The number of carbonyl (C=O) groups is 1. The van der Waals surface area contributed by atoms with Crippen LogP contribution >= 0.6 is 0 Å². The minimum Gasteiger partial charge on any atom is -0.477 e. The lowest BCUT2D eigenvalue weighted by molar-refractivity contribution is 0.0697. The molecule has 0 unspecified atom stereocenters. The standard InChI is InChI=1S/C12H11N3O2/c16-12(17)10-7-13-8-15-11(10)14-6-9-4-2-1-3-5-9/h1-5,7-8H,6H2,(H,16,17)(H,13,14,15). The van der Waals surface area contributed by atoms with Gasteiger partial charge in [0, 0.05) is 12.7 Å². The molecule has 0 amide bonds. The van der Waals surface area contributed by atoms with E-state index in [9.17, 15) is 4.79 Å². The van der Waals surface area contributed by atoms with Gasteiger partial charge in [0.05, 0.1) is 0 Å². The highest BCUT2D eigenvalue weighted by molar-refractivity contribution is 5.92. The highest BCUT2D eigenvalue weighted by Crippen LogP contribution is 2.11. The van der Waals surface area contributed by atoms with Gasteiger partial charge in [0.1, 0.15) is 17.7 Å². The molecule has 2 aromatic rings. The summed E-state index contributed by atoms with van der Waals surface area (Å²) in [6.07, 6.45) is 2.60. The van der Waals surface area contributed by atoms with E-state index in [4.69, 9.17) is 5.11 Å². The first-order valence-corrected chi connectivity index (χ1v) is 5.08. The third-order valence-electron chi connectivity index (χ3n) is 2.25. The number of benzene rings is 1. The fourth-order valence-corrected chi connectivity index (χ4v) is 1.41. The van der Waals surface area contributed by atoms with E-state index >= 15 is 0 Å². The molecule has 0 aliphatic rings. The van der Waals surface area contributed by atoms with Crippen LogP contribution in [0.15, 0.2) is 42.9 Å². The van der Waals surface area contributed by atoms with Crippen molar-refractivity contribution in [3.05, 3.63) is 54.0 Å². The van der Waals surface area contributed by atoms with Crippen LogP contribution in [-0.4, -0.2) is 21.0 Å². The van der Waals surface area contributed by atoms with E-state index in [-0.39, 0.29) is 5.56 Å². The van der Waals surface area contributed by atoms with Gasteiger partial charge in [0.25, 0.3) is 0 Å². The Labute approximate surface area is 98.2 Å². The van der Waals surface area contributed by atoms with Crippen LogP contribution in [0.4, 0.5) is 5.82 Å². The second-order valence-electron chi connectivity index (χ2n) is 3.43. The first-order valence-electron chi connectivity index (χ1n) is 5.08. The van der Waals surface area contributed by atoms with Crippen molar-refractivity contribution in [3.8, 4) is 0 Å². The van der Waals surface area contributed by atoms with Crippen molar-refractivity contribution < 1.29 is 9.90 Å². The maximum Gasteiger partial charge on any atom is 0.341 e. The molecule has 0 aliphatic carbocycles. The van der Waals surface area contributed by atoms with Crippen LogP contribution in [0.25, 0.3) is 0 Å². The van der Waals surface area contributed by atoms with Crippen molar-refractivity contribution in [1.29, 1.82) is 0 Å². The van der Waals surface area contributed by atoms with Gasteiger partial charge in [-0.05, 0) is 5.56 Å². The zero-order valence-electron chi connectivity index (χ0n) is 9.00. The van der Waals surface area contributed by atoms with E-state index < -0.39 is 5.97 Å². The van der Waals surface area contributed by atoms with Gasteiger partial charge in [-0.1, -0.05) is 30.3 Å². The Kier molecular flexibility index (Phi) is 3.30. The summed E-state index contributed by atoms with van der Waals surface area (Å²) >= 11 is 0. The molecular formula is C12H11N3O2. The van der Waals surface area contributed by atoms with Crippen LogP contribution in [0.2, 0.25) is 0 Å². The molecule has 5 nitrogen and oxygen atoms in total. The SMILES string of the molecule is O=C(O)c1cncnc1NCc1ccccc1. The summed E-state index contributed by atoms with van der Waals surface area (Å²) in [5, 5.41) is 11.9. The molecule has 1 aromatic heterocycles. The smallest absolute Gasteiger partial charge is 0.341 e. The van der Waals surface area contributed by atoms with E-state index in [0.717, 1.165) is 5.56 Å². The van der Waals surface area contributed by atoms with E-state index in [1.807, 2.05) is 30.3 Å². The van der Waals surface area contributed by atoms with Gasteiger partial charge in [0.2, 0.25) is 0 Å². The molecule has 17 heavy (non-hydrogen) atoms. The molecule has 2 N–H and O–H groups in total. The van der Waals surface area contributed by atoms with Crippen LogP contribution in [0.1, 0.15) is 15.9 Å². The third-order valence-corrected chi connectivity index (χ3v) is 2.25. The Morgan fingerprint density at radius 2 is 2.06 bits per heavy atom. The van der Waals surface area contributed by atoms with Gasteiger partial charge in [-0.25, -0.2) is 14.8 Å². The average molecular weight is 229 g/mol. The van der Waals surface area contributed by atoms with Crippen LogP contribution < -0.4 is 5.32 Å². The van der Waals surface area contributed by atoms with Gasteiger partial charge in [-0.3, -0.25) is 0 Å². The minimum absolute atomic E-state index is 0.0726. The predicted octanol–water partition coefficient (Wildman–Crippen LogP) is 1.79. The van der Waals surface area contributed by atoms with E-state index in [2.05, 4.69) is 15.3 Å². The third kappa shape index (κ3) is 2.78. The molecule has 0 fully saturated rings. The number of nitrogens with one attached hydrogen (secondary N) is 1. The molecule has 0 saturated heterocycles. The summed E-state index contributed by atoms with van der Waals surface area (Å²) in [5.74, 6) is -0.711. The molecule has 0 atom stereocenters. The van der Waals surface area contributed by atoms with Gasteiger partial charge >= 0.3 is 5.97 Å². The number of carboxylic acids is 1. The van der Waals surface area contributed by atoms with Gasteiger partial charge in [-0.15, -0.1) is 0 Å². The van der Waals surface area contributed by atoms with Gasteiger partial charge < -0.3 is 10.4 Å². The number of hydrogen-bond acceptors (Lipinski definition) is 4. The largest absolute Gasteiger partial charge is 0.477 e. The lowest BCUT2D eigenvalue weighted by Crippen LogP contribution is -2.08. The second-order valence-corrected chi connectivity index (χ2v) is 3.43. The summed E-state index contributed by atoms with van der Waals surface area (Å²) in [5.41, 5.74) is 1.13. The normalized spacial score (nSPS) is 9.88. The molecule has 0 saturated carbocycles. The Morgan fingerprint density at radius 3 is 2.76 bits per heavy atom. The number of hydrogen-bond donors (Lipinski definition) is 2. The van der Waals surface area contributed by atoms with Crippen molar-refractivity contribution in [3.63, 3.8) is 0 Å². The highest BCUT2D eigenvalue weighted by Gasteiger charge is 2.10. The van der Waals surface area contributed by atoms with Crippen molar-refractivity contribution in [2.75, 3.05) is 5.32 Å². The molecule has 1 heterocycles. The average Bonchev–Trinajstić information content (AvgIpc) is 2.38. The number of aromatic carboxylic acids is 1. The fraction of sp³-hybridized carbons (Fsp3) is 0.0833. The molecule has 0 radical (unpaired) electrons. The predicted molar refractivity (Wildman–Crippen MR) is 62.8 cm³/mol. The summed E-state index contributed by atoms with van der Waals surface area (Å²) in [4.78, 5) is 18.5. The molecular weight excluding hydrogens is 218 g/mol. The van der Waals surface area contributed by atoms with E-state index in [0.29, 0.717) is 12.4 Å². The van der Waals surface area contributed by atoms with Gasteiger partial charge in [0.15, 0.2) is 0 Å². The molecule has 1 aromatic carbocycles. The Hall–Kier alpha value is -2.43.